The maximum absolute atomic E-state index is 12.6. The molecule has 1 aromatic carbocycles. The van der Waals surface area contributed by atoms with Crippen LogP contribution in [0.5, 0.6) is 0 Å². The molecule has 0 bridgehead atoms. The molecule has 1 aliphatic heterocycles. The van der Waals surface area contributed by atoms with Gasteiger partial charge in [-0.3, -0.25) is 9.78 Å². The molecule has 0 amide bonds. The summed E-state index contributed by atoms with van der Waals surface area (Å²) < 4.78 is 22.2. The van der Waals surface area contributed by atoms with E-state index < -0.39 is 0 Å². The zero-order valence-electron chi connectivity index (χ0n) is 27.1. The number of aromatic nitrogens is 3. The summed E-state index contributed by atoms with van der Waals surface area (Å²) in [7, 11) is 0. The van der Waals surface area contributed by atoms with Crippen LogP contribution in [0.3, 0.4) is 0 Å². The zero-order valence-corrected chi connectivity index (χ0v) is 27.1. The minimum atomic E-state index is -0.258. The quantitative estimate of drug-likeness (QED) is 0.139. The first-order valence-corrected chi connectivity index (χ1v) is 16.3. The lowest BCUT2D eigenvalue weighted by Gasteiger charge is -2.23. The number of hydrogen-bond donors (Lipinski definition) is 1. The molecule has 3 aromatic rings. The van der Waals surface area contributed by atoms with Crippen molar-refractivity contribution in [2.75, 3.05) is 69.5 Å². The molecule has 244 valence electrons. The van der Waals surface area contributed by atoms with E-state index in [1.165, 1.54) is 11.1 Å². The standard InChI is InChI=1S/C35H49N5O5/c1-4-20-42-22-24-44-25-23-43-21-15-34(41)45-31(27(2)3)12-17-37-32-26-33(39-35(38-32)30-11-7-8-16-36-30)40-18-13-28-9-5-6-10-29(28)14-19-40/h5-11,16,26-27,31H,4,12-15,17-25H2,1-3H3,(H,37,38,39). The number of carbonyl (C=O) groups excluding carboxylic acids is 1. The highest BCUT2D eigenvalue weighted by Gasteiger charge is 2.20. The van der Waals surface area contributed by atoms with Crippen LogP contribution in [0.4, 0.5) is 11.6 Å². The van der Waals surface area contributed by atoms with Gasteiger partial charge in [0.1, 0.15) is 23.4 Å². The summed E-state index contributed by atoms with van der Waals surface area (Å²) in [5.74, 6) is 2.10. The van der Waals surface area contributed by atoms with Crippen molar-refractivity contribution >= 4 is 17.6 Å². The van der Waals surface area contributed by atoms with Crippen molar-refractivity contribution in [1.29, 1.82) is 0 Å². The maximum Gasteiger partial charge on any atom is 0.308 e. The molecule has 0 saturated heterocycles. The molecule has 4 rings (SSSR count). The molecule has 1 aliphatic rings. The lowest BCUT2D eigenvalue weighted by Crippen LogP contribution is -2.28. The van der Waals surface area contributed by atoms with Gasteiger partial charge in [0.25, 0.3) is 0 Å². The maximum atomic E-state index is 12.6. The van der Waals surface area contributed by atoms with Crippen LogP contribution in [0.1, 0.15) is 51.2 Å². The summed E-state index contributed by atoms with van der Waals surface area (Å²) in [4.78, 5) is 29.1. The van der Waals surface area contributed by atoms with Crippen molar-refractivity contribution in [2.45, 2.75) is 59.0 Å². The summed E-state index contributed by atoms with van der Waals surface area (Å²) in [5.41, 5.74) is 3.52. The van der Waals surface area contributed by atoms with E-state index in [0.29, 0.717) is 51.8 Å². The highest BCUT2D eigenvalue weighted by molar-refractivity contribution is 5.69. The van der Waals surface area contributed by atoms with Gasteiger partial charge in [-0.25, -0.2) is 9.97 Å². The molecule has 2 aromatic heterocycles. The van der Waals surface area contributed by atoms with E-state index in [-0.39, 0.29) is 24.4 Å². The normalized spacial score (nSPS) is 13.7. The third-order valence-corrected chi connectivity index (χ3v) is 7.66. The van der Waals surface area contributed by atoms with Crippen molar-refractivity contribution in [3.8, 4) is 11.5 Å². The first-order chi connectivity index (χ1) is 22.0. The zero-order chi connectivity index (χ0) is 31.7. The summed E-state index contributed by atoms with van der Waals surface area (Å²) >= 11 is 0. The van der Waals surface area contributed by atoms with Gasteiger partial charge < -0.3 is 29.2 Å². The molecule has 10 heteroatoms. The Morgan fingerprint density at radius 2 is 1.56 bits per heavy atom. The van der Waals surface area contributed by atoms with Gasteiger partial charge in [-0.2, -0.15) is 0 Å². The SMILES string of the molecule is CCCOCCOCCOCCC(=O)OC(CCNc1cc(N2CCc3ccccc3CC2)nc(-c2ccccn2)n1)C(C)C. The molecule has 0 fully saturated rings. The van der Waals surface area contributed by atoms with Crippen molar-refractivity contribution in [3.63, 3.8) is 0 Å². The molecule has 45 heavy (non-hydrogen) atoms. The van der Waals surface area contributed by atoms with E-state index in [1.54, 1.807) is 6.20 Å². The fourth-order valence-electron chi connectivity index (χ4n) is 5.13. The van der Waals surface area contributed by atoms with E-state index in [9.17, 15) is 4.79 Å². The van der Waals surface area contributed by atoms with Gasteiger partial charge in [0.05, 0.1) is 39.5 Å². The van der Waals surface area contributed by atoms with Crippen molar-refractivity contribution in [3.05, 3.63) is 65.9 Å². The predicted molar refractivity (Wildman–Crippen MR) is 177 cm³/mol. The first-order valence-electron chi connectivity index (χ1n) is 16.3. The molecule has 1 unspecified atom stereocenters. The summed E-state index contributed by atoms with van der Waals surface area (Å²) in [6, 6.07) is 16.4. The lowest BCUT2D eigenvalue weighted by molar-refractivity contribution is -0.152. The Morgan fingerprint density at radius 3 is 2.20 bits per heavy atom. The molecule has 0 spiro atoms. The smallest absolute Gasteiger partial charge is 0.308 e. The van der Waals surface area contributed by atoms with E-state index in [0.717, 1.165) is 56.3 Å². The number of pyridine rings is 1. The molecule has 1 atom stereocenters. The Labute approximate surface area is 267 Å². The van der Waals surface area contributed by atoms with E-state index in [2.05, 4.69) is 60.2 Å². The molecular weight excluding hydrogens is 570 g/mol. The average molecular weight is 620 g/mol. The highest BCUT2D eigenvalue weighted by atomic mass is 16.6. The van der Waals surface area contributed by atoms with Gasteiger partial charge in [0.2, 0.25) is 0 Å². The van der Waals surface area contributed by atoms with E-state index in [4.69, 9.17) is 28.9 Å². The average Bonchev–Trinajstić information content (AvgIpc) is 3.28. The Hall–Kier alpha value is -3.60. The number of hydrogen-bond acceptors (Lipinski definition) is 10. The van der Waals surface area contributed by atoms with Crippen LogP contribution in [-0.2, 0) is 36.6 Å². The van der Waals surface area contributed by atoms with Crippen LogP contribution in [0.25, 0.3) is 11.5 Å². The Balaban J connectivity index is 1.28. The Morgan fingerprint density at radius 1 is 0.889 bits per heavy atom. The second-order valence-electron chi connectivity index (χ2n) is 11.5. The van der Waals surface area contributed by atoms with Gasteiger partial charge in [0.15, 0.2) is 5.82 Å². The molecule has 0 aliphatic carbocycles. The number of nitrogens with one attached hydrogen (secondary N) is 1. The number of nitrogens with zero attached hydrogens (tertiary/aromatic N) is 4. The minimum Gasteiger partial charge on any atom is -0.462 e. The number of esters is 1. The molecule has 0 radical (unpaired) electrons. The highest BCUT2D eigenvalue weighted by Crippen LogP contribution is 2.25. The number of anilines is 2. The summed E-state index contributed by atoms with van der Waals surface area (Å²) in [6.45, 7) is 11.7. The topological polar surface area (TPSA) is 108 Å². The Kier molecular flexibility index (Phi) is 14.5. The fourth-order valence-corrected chi connectivity index (χ4v) is 5.13. The Bertz CT molecular complexity index is 1270. The van der Waals surface area contributed by atoms with Gasteiger partial charge in [-0.05, 0) is 48.4 Å². The second-order valence-corrected chi connectivity index (χ2v) is 11.5. The molecular formula is C35H49N5O5. The van der Waals surface area contributed by atoms with Crippen LogP contribution in [0, 0.1) is 5.92 Å². The molecule has 0 saturated carbocycles. The molecule has 3 heterocycles. The third-order valence-electron chi connectivity index (χ3n) is 7.66. The monoisotopic (exact) mass is 619 g/mol. The van der Waals surface area contributed by atoms with Crippen LogP contribution in [0.2, 0.25) is 0 Å². The van der Waals surface area contributed by atoms with Crippen molar-refractivity contribution in [2.24, 2.45) is 5.92 Å². The number of carbonyl (C=O) groups is 1. The van der Waals surface area contributed by atoms with Crippen LogP contribution < -0.4 is 10.2 Å². The van der Waals surface area contributed by atoms with Gasteiger partial charge in [-0.1, -0.05) is 51.1 Å². The van der Waals surface area contributed by atoms with Crippen LogP contribution in [-0.4, -0.2) is 86.3 Å². The number of fused-ring (bicyclic) bond motifs is 1. The van der Waals surface area contributed by atoms with Gasteiger partial charge in [-0.15, -0.1) is 0 Å². The van der Waals surface area contributed by atoms with Crippen molar-refractivity contribution < 1.29 is 23.7 Å². The van der Waals surface area contributed by atoms with Crippen LogP contribution in [0.15, 0.2) is 54.7 Å². The fraction of sp³-hybridized carbons (Fsp3) is 0.543. The summed E-state index contributed by atoms with van der Waals surface area (Å²) in [5, 5.41) is 3.47. The first kappa shape index (κ1) is 34.3. The van der Waals surface area contributed by atoms with Gasteiger partial charge >= 0.3 is 5.97 Å². The van der Waals surface area contributed by atoms with E-state index in [1.807, 2.05) is 24.3 Å². The third kappa shape index (κ3) is 11.7. The van der Waals surface area contributed by atoms with E-state index >= 15 is 0 Å². The number of benzene rings is 1. The molecule has 1 N–H and O–H groups in total. The number of rotatable bonds is 19. The van der Waals surface area contributed by atoms with Crippen molar-refractivity contribution in [1.82, 2.24) is 15.0 Å². The largest absolute Gasteiger partial charge is 0.462 e. The number of ether oxygens (including phenoxy) is 4. The van der Waals surface area contributed by atoms with Crippen LogP contribution >= 0.6 is 0 Å². The predicted octanol–water partition coefficient (Wildman–Crippen LogP) is 5.36. The second kappa shape index (κ2) is 19.0. The molecule has 10 nitrogen and oxygen atoms in total. The summed E-state index contributed by atoms with van der Waals surface area (Å²) in [6.07, 6.45) is 5.32. The van der Waals surface area contributed by atoms with Gasteiger partial charge in [0, 0.05) is 44.9 Å². The minimum absolute atomic E-state index is 0.170. The lowest BCUT2D eigenvalue weighted by atomic mass is 10.0.